The molecule has 4 aromatic rings. The smallest absolute Gasteiger partial charge is 0.231 e. The second-order valence-corrected chi connectivity index (χ2v) is 10.2. The highest BCUT2D eigenvalue weighted by molar-refractivity contribution is 7.99. The molecule has 0 saturated carbocycles. The molecule has 2 aromatic carbocycles. The van der Waals surface area contributed by atoms with Crippen LogP contribution < -0.4 is 4.90 Å². The Labute approximate surface area is 206 Å². The fourth-order valence-electron chi connectivity index (χ4n) is 4.09. The molecule has 0 spiro atoms. The van der Waals surface area contributed by atoms with E-state index in [2.05, 4.69) is 38.3 Å². The number of nitrogens with zero attached hydrogens (tertiary/aromatic N) is 4. The van der Waals surface area contributed by atoms with E-state index in [4.69, 9.17) is 0 Å². The van der Waals surface area contributed by atoms with Crippen LogP contribution in [0.15, 0.2) is 71.2 Å². The van der Waals surface area contributed by atoms with Gasteiger partial charge in [0.05, 0.1) is 12.2 Å². The molecule has 34 heavy (non-hydrogen) atoms. The molecule has 0 saturated heterocycles. The van der Waals surface area contributed by atoms with Gasteiger partial charge in [-0.15, -0.1) is 21.5 Å². The summed E-state index contributed by atoms with van der Waals surface area (Å²) >= 11 is 3.13. The van der Waals surface area contributed by atoms with Crippen LogP contribution in [0, 0.1) is 0 Å². The van der Waals surface area contributed by atoms with Crippen LogP contribution in [0.2, 0.25) is 0 Å². The molecule has 172 valence electrons. The van der Waals surface area contributed by atoms with Crippen LogP contribution in [-0.2, 0) is 30.6 Å². The first-order valence-electron chi connectivity index (χ1n) is 11.1. The Balaban J connectivity index is 1.31. The second kappa shape index (κ2) is 9.95. The summed E-state index contributed by atoms with van der Waals surface area (Å²) in [5, 5.41) is 11.7. The topological polar surface area (TPSA) is 68.1 Å². The fraction of sp³-hybridized carbons (Fsp3) is 0.231. The lowest BCUT2D eigenvalue weighted by Gasteiger charge is -2.11. The number of amides is 1. The van der Waals surface area contributed by atoms with Gasteiger partial charge in [-0.05, 0) is 47.2 Å². The molecule has 8 heteroatoms. The maximum Gasteiger partial charge on any atom is 0.231 e. The zero-order valence-corrected chi connectivity index (χ0v) is 20.4. The summed E-state index contributed by atoms with van der Waals surface area (Å²) in [5.41, 5.74) is 3.67. The van der Waals surface area contributed by atoms with Crippen molar-refractivity contribution in [2.24, 2.45) is 0 Å². The number of aryl methyl sites for hydroxylation is 1. The lowest BCUT2D eigenvalue weighted by Crippen LogP contribution is -2.20. The number of hydrogen-bond donors (Lipinski definition) is 0. The highest BCUT2D eigenvalue weighted by Crippen LogP contribution is 2.29. The molecule has 0 radical (unpaired) electrons. The Bertz CT molecular complexity index is 1320. The van der Waals surface area contributed by atoms with Crippen molar-refractivity contribution >= 4 is 40.5 Å². The van der Waals surface area contributed by atoms with E-state index in [1.54, 1.807) is 29.4 Å². The molecular weight excluding hydrogens is 464 g/mol. The zero-order chi connectivity index (χ0) is 23.5. The van der Waals surface area contributed by atoms with Gasteiger partial charge in [0.2, 0.25) is 5.91 Å². The average molecular weight is 489 g/mol. The minimum absolute atomic E-state index is 0.0206. The van der Waals surface area contributed by atoms with E-state index in [0.717, 1.165) is 41.6 Å². The number of thiophene rings is 1. The van der Waals surface area contributed by atoms with Crippen LogP contribution in [0.1, 0.15) is 32.2 Å². The summed E-state index contributed by atoms with van der Waals surface area (Å²) in [6, 6.07) is 20.0. The summed E-state index contributed by atoms with van der Waals surface area (Å²) < 4.78 is 2.14. The van der Waals surface area contributed by atoms with E-state index >= 15 is 0 Å². The predicted molar refractivity (Wildman–Crippen MR) is 136 cm³/mol. The van der Waals surface area contributed by atoms with Crippen LogP contribution in [0.4, 0.5) is 5.69 Å². The predicted octanol–water partition coefficient (Wildman–Crippen LogP) is 4.67. The number of rotatable bonds is 9. The van der Waals surface area contributed by atoms with E-state index in [0.29, 0.717) is 12.0 Å². The molecule has 0 atom stereocenters. The Kier molecular flexibility index (Phi) is 6.60. The molecule has 0 unspecified atom stereocenters. The van der Waals surface area contributed by atoms with Gasteiger partial charge in [0.15, 0.2) is 10.9 Å². The van der Waals surface area contributed by atoms with Crippen LogP contribution in [0.3, 0.4) is 0 Å². The standard InChI is InChI=1S/C26H24N4O2S2/c1-29-22-10-9-19(14-20(22)15-25(29)32)23(31)17-34-26-28-27-24(16-21-8-5-13-33-21)30(26)12-11-18-6-3-2-4-7-18/h2-10,13-14H,11-12,15-17H2,1H3. The third-order valence-electron chi connectivity index (χ3n) is 5.98. The lowest BCUT2D eigenvalue weighted by molar-refractivity contribution is -0.117. The van der Waals surface area contributed by atoms with Crippen LogP contribution >= 0.6 is 23.1 Å². The van der Waals surface area contributed by atoms with Gasteiger partial charge < -0.3 is 9.47 Å². The van der Waals surface area contributed by atoms with Crippen molar-refractivity contribution in [2.45, 2.75) is 31.0 Å². The number of Topliss-reactive ketones (excluding diaryl/α,β-unsaturated/α-hetero) is 1. The minimum Gasteiger partial charge on any atom is -0.315 e. The van der Waals surface area contributed by atoms with Gasteiger partial charge in [0.25, 0.3) is 0 Å². The molecule has 0 fully saturated rings. The van der Waals surface area contributed by atoms with Crippen LogP contribution in [0.5, 0.6) is 0 Å². The quantitative estimate of drug-likeness (QED) is 0.253. The van der Waals surface area contributed by atoms with Crippen molar-refractivity contribution < 1.29 is 9.59 Å². The Hall–Kier alpha value is -3.23. The zero-order valence-electron chi connectivity index (χ0n) is 18.8. The Morgan fingerprint density at radius 2 is 1.94 bits per heavy atom. The summed E-state index contributed by atoms with van der Waals surface area (Å²) in [6.45, 7) is 0.752. The third-order valence-corrected chi connectivity index (χ3v) is 7.83. The summed E-state index contributed by atoms with van der Waals surface area (Å²) in [4.78, 5) is 27.8. The first-order valence-corrected chi connectivity index (χ1v) is 13.0. The summed E-state index contributed by atoms with van der Waals surface area (Å²) in [6.07, 6.45) is 1.94. The number of carbonyl (C=O) groups excluding carboxylic acids is 2. The molecule has 5 rings (SSSR count). The van der Waals surface area contributed by atoms with Crippen molar-refractivity contribution in [2.75, 3.05) is 17.7 Å². The van der Waals surface area contributed by atoms with Gasteiger partial charge in [-0.3, -0.25) is 9.59 Å². The van der Waals surface area contributed by atoms with E-state index in [-0.39, 0.29) is 17.4 Å². The summed E-state index contributed by atoms with van der Waals surface area (Å²) in [5.74, 6) is 1.25. The monoisotopic (exact) mass is 488 g/mol. The maximum atomic E-state index is 13.0. The van der Waals surface area contributed by atoms with Gasteiger partial charge in [0.1, 0.15) is 5.82 Å². The van der Waals surface area contributed by atoms with Crippen molar-refractivity contribution in [3.05, 3.63) is 93.4 Å². The first-order chi connectivity index (χ1) is 16.6. The number of benzene rings is 2. The SMILES string of the molecule is CN1C(=O)Cc2cc(C(=O)CSc3nnc(Cc4cccs4)n3CCc3ccccc3)ccc21. The molecule has 1 aliphatic rings. The maximum absolute atomic E-state index is 13.0. The van der Waals surface area contributed by atoms with E-state index in [1.165, 1.54) is 22.2 Å². The van der Waals surface area contributed by atoms with Gasteiger partial charge in [-0.1, -0.05) is 48.2 Å². The van der Waals surface area contributed by atoms with Crippen LogP contribution in [0.25, 0.3) is 0 Å². The normalized spacial score (nSPS) is 12.9. The van der Waals surface area contributed by atoms with Crippen molar-refractivity contribution in [3.8, 4) is 0 Å². The number of thioether (sulfide) groups is 1. The van der Waals surface area contributed by atoms with Gasteiger partial charge >= 0.3 is 0 Å². The highest BCUT2D eigenvalue weighted by Gasteiger charge is 2.25. The number of anilines is 1. The third kappa shape index (κ3) is 4.83. The second-order valence-electron chi connectivity index (χ2n) is 8.23. The molecular formula is C26H24N4O2S2. The number of hydrogen-bond acceptors (Lipinski definition) is 6. The molecule has 1 aliphatic heterocycles. The molecule has 0 N–H and O–H groups in total. The van der Waals surface area contributed by atoms with Crippen molar-refractivity contribution in [1.82, 2.24) is 14.8 Å². The average Bonchev–Trinajstić information content (AvgIpc) is 3.57. The van der Waals surface area contributed by atoms with Crippen molar-refractivity contribution in [3.63, 3.8) is 0 Å². The van der Waals surface area contributed by atoms with E-state index in [1.807, 2.05) is 36.4 Å². The lowest BCUT2D eigenvalue weighted by atomic mass is 10.1. The molecule has 2 aromatic heterocycles. The van der Waals surface area contributed by atoms with Gasteiger partial charge in [0, 0.05) is 36.1 Å². The number of fused-ring (bicyclic) bond motifs is 1. The number of aromatic nitrogens is 3. The van der Waals surface area contributed by atoms with E-state index < -0.39 is 0 Å². The minimum atomic E-state index is 0.0206. The number of likely N-dealkylation sites (N-methyl/N-ethyl adjacent to an activating group) is 1. The summed E-state index contributed by atoms with van der Waals surface area (Å²) in [7, 11) is 1.77. The Morgan fingerprint density at radius 3 is 2.74 bits per heavy atom. The highest BCUT2D eigenvalue weighted by atomic mass is 32.2. The fourth-order valence-corrected chi connectivity index (χ4v) is 5.67. The molecule has 0 bridgehead atoms. The molecule has 0 aliphatic carbocycles. The molecule has 1 amide bonds. The number of carbonyl (C=O) groups is 2. The molecule has 3 heterocycles. The number of ketones is 1. The van der Waals surface area contributed by atoms with Gasteiger partial charge in [-0.2, -0.15) is 0 Å². The molecule has 6 nitrogen and oxygen atoms in total. The Morgan fingerprint density at radius 1 is 1.09 bits per heavy atom. The van der Waals surface area contributed by atoms with Crippen molar-refractivity contribution in [1.29, 1.82) is 0 Å². The largest absolute Gasteiger partial charge is 0.315 e. The van der Waals surface area contributed by atoms with E-state index in [9.17, 15) is 9.59 Å². The first kappa shape index (κ1) is 22.6. The van der Waals surface area contributed by atoms with Gasteiger partial charge in [-0.25, -0.2) is 0 Å². The van der Waals surface area contributed by atoms with Crippen LogP contribution in [-0.4, -0.2) is 39.3 Å².